The highest BCUT2D eigenvalue weighted by molar-refractivity contribution is 8.19. The summed E-state index contributed by atoms with van der Waals surface area (Å²) in [5, 5.41) is 5.56. The number of amides is 2. The number of thioether (sulfide) groups is 2. The van der Waals surface area contributed by atoms with Crippen LogP contribution in [0.25, 0.3) is 0 Å². The van der Waals surface area contributed by atoms with Gasteiger partial charge in [0.05, 0.1) is 10.3 Å². The summed E-state index contributed by atoms with van der Waals surface area (Å²) in [6.45, 7) is 1.60. The van der Waals surface area contributed by atoms with Gasteiger partial charge in [0.2, 0.25) is 0 Å². The summed E-state index contributed by atoms with van der Waals surface area (Å²) in [4.78, 5) is 24.1. The van der Waals surface area contributed by atoms with Crippen LogP contribution in [-0.4, -0.2) is 36.0 Å². The van der Waals surface area contributed by atoms with Crippen LogP contribution >= 0.6 is 23.5 Å². The second-order valence-electron chi connectivity index (χ2n) is 6.41. The van der Waals surface area contributed by atoms with Crippen molar-refractivity contribution >= 4 is 46.7 Å². The van der Waals surface area contributed by atoms with E-state index in [0.717, 1.165) is 22.8 Å². The van der Waals surface area contributed by atoms with Crippen LogP contribution in [0.1, 0.15) is 17.1 Å². The number of para-hydroxylation sites is 1. The summed E-state index contributed by atoms with van der Waals surface area (Å²) < 4.78 is 11.7. The summed E-state index contributed by atoms with van der Waals surface area (Å²) in [5.41, 5.74) is 2.23. The lowest BCUT2D eigenvalue weighted by molar-refractivity contribution is -0.122. The minimum Gasteiger partial charge on any atom is -0.483 e. The molecule has 2 N–H and O–H groups in total. The molecule has 2 amide bonds. The Kier molecular flexibility index (Phi) is 5.68. The quantitative estimate of drug-likeness (QED) is 0.770. The first-order chi connectivity index (χ1) is 13.6. The van der Waals surface area contributed by atoms with Crippen LogP contribution in [0.15, 0.2) is 42.5 Å². The monoisotopic (exact) mass is 416 g/mol. The summed E-state index contributed by atoms with van der Waals surface area (Å²) in [6, 6.07) is 13.0. The average molecular weight is 417 g/mol. The number of ether oxygens (including phenoxy) is 2. The van der Waals surface area contributed by atoms with Crippen molar-refractivity contribution in [2.75, 3.05) is 28.7 Å². The van der Waals surface area contributed by atoms with Crippen LogP contribution in [0.2, 0.25) is 0 Å². The Morgan fingerprint density at radius 2 is 2.04 bits per heavy atom. The standard InChI is InChI=1S/C20H20N2O4S2/c1-12-19(24)22-15-10-13(6-7-17(15)26-12)21-18(23)11-25-16-5-3-2-4-14(16)20-27-8-9-28-20/h2-7,10,12,20H,8-9,11H2,1H3,(H,21,23)(H,22,24)/t12-/m1/s1. The zero-order chi connectivity index (χ0) is 19.5. The number of hydrogen-bond donors (Lipinski definition) is 2. The van der Waals surface area contributed by atoms with E-state index in [-0.39, 0.29) is 18.4 Å². The summed E-state index contributed by atoms with van der Waals surface area (Å²) in [7, 11) is 0. The molecule has 28 heavy (non-hydrogen) atoms. The fourth-order valence-corrected chi connectivity index (χ4v) is 5.88. The zero-order valence-corrected chi connectivity index (χ0v) is 16.9. The Morgan fingerprint density at radius 3 is 2.86 bits per heavy atom. The third-order valence-electron chi connectivity index (χ3n) is 4.35. The third-order valence-corrected chi connectivity index (χ3v) is 7.42. The molecule has 146 valence electrons. The van der Waals surface area contributed by atoms with Crippen molar-refractivity contribution in [3.8, 4) is 11.5 Å². The predicted molar refractivity (Wildman–Crippen MR) is 113 cm³/mol. The molecule has 0 saturated carbocycles. The molecule has 2 heterocycles. The molecule has 2 aliphatic rings. The number of hydrogen-bond acceptors (Lipinski definition) is 6. The van der Waals surface area contributed by atoms with Gasteiger partial charge in [-0.1, -0.05) is 18.2 Å². The Morgan fingerprint density at radius 1 is 1.25 bits per heavy atom. The molecule has 2 aromatic carbocycles. The first-order valence-electron chi connectivity index (χ1n) is 8.96. The lowest BCUT2D eigenvalue weighted by atomic mass is 10.2. The van der Waals surface area contributed by atoms with E-state index in [4.69, 9.17) is 9.47 Å². The second kappa shape index (κ2) is 8.36. The van der Waals surface area contributed by atoms with Crippen LogP contribution in [0.4, 0.5) is 11.4 Å². The van der Waals surface area contributed by atoms with E-state index >= 15 is 0 Å². The van der Waals surface area contributed by atoms with Gasteiger partial charge in [0.25, 0.3) is 11.8 Å². The van der Waals surface area contributed by atoms with Crippen molar-refractivity contribution in [2.24, 2.45) is 0 Å². The number of nitrogens with one attached hydrogen (secondary N) is 2. The maximum atomic E-state index is 12.3. The van der Waals surface area contributed by atoms with Crippen LogP contribution < -0.4 is 20.1 Å². The number of carbonyl (C=O) groups excluding carboxylic acids is 2. The van der Waals surface area contributed by atoms with Gasteiger partial charge in [0.15, 0.2) is 12.7 Å². The Hall–Kier alpha value is -2.32. The number of fused-ring (bicyclic) bond motifs is 1. The molecule has 1 atom stereocenters. The van der Waals surface area contributed by atoms with Crippen molar-refractivity contribution in [1.82, 2.24) is 0 Å². The molecular weight excluding hydrogens is 396 g/mol. The lowest BCUT2D eigenvalue weighted by Crippen LogP contribution is -2.34. The van der Waals surface area contributed by atoms with Crippen molar-refractivity contribution in [3.05, 3.63) is 48.0 Å². The third kappa shape index (κ3) is 4.23. The molecule has 8 heteroatoms. The topological polar surface area (TPSA) is 76.7 Å². The normalized spacial score (nSPS) is 18.8. The van der Waals surface area contributed by atoms with E-state index in [1.807, 2.05) is 41.7 Å². The molecule has 6 nitrogen and oxygen atoms in total. The van der Waals surface area contributed by atoms with Gasteiger partial charge >= 0.3 is 0 Å². The second-order valence-corrected chi connectivity index (χ2v) is 9.13. The fraction of sp³-hybridized carbons (Fsp3) is 0.300. The molecule has 0 radical (unpaired) electrons. The lowest BCUT2D eigenvalue weighted by Gasteiger charge is -2.23. The molecule has 1 fully saturated rings. The van der Waals surface area contributed by atoms with Gasteiger partial charge < -0.3 is 20.1 Å². The number of carbonyl (C=O) groups is 2. The van der Waals surface area contributed by atoms with Crippen molar-refractivity contribution in [1.29, 1.82) is 0 Å². The molecule has 0 aliphatic carbocycles. The summed E-state index contributed by atoms with van der Waals surface area (Å²) in [5.74, 6) is 3.10. The number of anilines is 2. The number of benzene rings is 2. The molecule has 0 unspecified atom stereocenters. The maximum absolute atomic E-state index is 12.3. The summed E-state index contributed by atoms with van der Waals surface area (Å²) in [6.07, 6.45) is -0.530. The van der Waals surface area contributed by atoms with E-state index in [1.165, 1.54) is 0 Å². The molecule has 2 aliphatic heterocycles. The highest BCUT2D eigenvalue weighted by Gasteiger charge is 2.24. The van der Waals surface area contributed by atoms with E-state index in [1.54, 1.807) is 25.1 Å². The van der Waals surface area contributed by atoms with Crippen molar-refractivity contribution in [3.63, 3.8) is 0 Å². The van der Waals surface area contributed by atoms with Gasteiger partial charge in [-0.25, -0.2) is 0 Å². The van der Waals surface area contributed by atoms with Crippen molar-refractivity contribution in [2.45, 2.75) is 17.6 Å². The van der Waals surface area contributed by atoms with Crippen LogP contribution in [0.5, 0.6) is 11.5 Å². The molecule has 2 aromatic rings. The first kappa shape index (κ1) is 19.0. The molecule has 1 saturated heterocycles. The van der Waals surface area contributed by atoms with E-state index in [9.17, 15) is 9.59 Å². The summed E-state index contributed by atoms with van der Waals surface area (Å²) >= 11 is 3.79. The average Bonchev–Trinajstić information content (AvgIpc) is 3.22. The van der Waals surface area contributed by atoms with Gasteiger partial charge in [-0.05, 0) is 31.2 Å². The van der Waals surface area contributed by atoms with Gasteiger partial charge in [0, 0.05) is 22.8 Å². The Labute approximate surface area is 171 Å². The predicted octanol–water partition coefficient (Wildman–Crippen LogP) is 3.90. The molecular formula is C20H20N2O4S2. The van der Waals surface area contributed by atoms with E-state index in [0.29, 0.717) is 21.7 Å². The SMILES string of the molecule is C[C@H]1Oc2ccc(NC(=O)COc3ccccc3C3SCCS3)cc2NC1=O. The first-order valence-corrected chi connectivity index (χ1v) is 11.1. The smallest absolute Gasteiger partial charge is 0.265 e. The van der Waals surface area contributed by atoms with Gasteiger partial charge in [-0.2, -0.15) is 0 Å². The maximum Gasteiger partial charge on any atom is 0.265 e. The van der Waals surface area contributed by atoms with Gasteiger partial charge in [-0.3, -0.25) is 9.59 Å². The minimum atomic E-state index is -0.530. The fourth-order valence-electron chi connectivity index (χ4n) is 2.97. The Bertz CT molecular complexity index is 900. The highest BCUT2D eigenvalue weighted by atomic mass is 32.2. The van der Waals surface area contributed by atoms with Gasteiger partial charge in [0.1, 0.15) is 11.5 Å². The zero-order valence-electron chi connectivity index (χ0n) is 15.3. The Balaban J connectivity index is 1.38. The minimum absolute atomic E-state index is 0.0873. The molecule has 0 bridgehead atoms. The van der Waals surface area contributed by atoms with Crippen LogP contribution in [0.3, 0.4) is 0 Å². The highest BCUT2D eigenvalue weighted by Crippen LogP contribution is 2.48. The largest absolute Gasteiger partial charge is 0.483 e. The van der Waals surface area contributed by atoms with Gasteiger partial charge in [-0.15, -0.1) is 23.5 Å². The van der Waals surface area contributed by atoms with E-state index < -0.39 is 6.10 Å². The van der Waals surface area contributed by atoms with Crippen LogP contribution in [0, 0.1) is 0 Å². The number of rotatable bonds is 5. The van der Waals surface area contributed by atoms with Crippen molar-refractivity contribution < 1.29 is 19.1 Å². The molecule has 0 spiro atoms. The molecule has 0 aromatic heterocycles. The van der Waals surface area contributed by atoms with Crippen LogP contribution in [-0.2, 0) is 9.59 Å². The molecule has 4 rings (SSSR count). The van der Waals surface area contributed by atoms with E-state index in [2.05, 4.69) is 16.7 Å².